The summed E-state index contributed by atoms with van der Waals surface area (Å²) in [4.78, 5) is 39.8. The fraction of sp³-hybridized carbons (Fsp3) is 0.517. The highest BCUT2D eigenvalue weighted by Crippen LogP contribution is 2.61. The Morgan fingerprint density at radius 1 is 1.29 bits per heavy atom. The number of carbonyl (C=O) groups excluding carboxylic acids is 2. The Kier molecular flexibility index (Phi) is 7.01. The minimum absolute atomic E-state index is 0.0133. The summed E-state index contributed by atoms with van der Waals surface area (Å²) in [5.41, 5.74) is -0.214. The molecule has 200 valence electrons. The van der Waals surface area contributed by atoms with E-state index in [-0.39, 0.29) is 36.1 Å². The number of carboxylic acid groups (broad SMARTS) is 1. The summed E-state index contributed by atoms with van der Waals surface area (Å²) in [5.74, 6) is -1.16. The van der Waals surface area contributed by atoms with Crippen molar-refractivity contribution >= 4 is 17.8 Å². The third kappa shape index (κ3) is 4.93. The maximum atomic E-state index is 13.6. The molecule has 2 fully saturated rings. The number of hydrogen-bond donors (Lipinski definition) is 3. The second-order valence-electron chi connectivity index (χ2n) is 11.1. The van der Waals surface area contributed by atoms with Crippen molar-refractivity contribution in [2.75, 3.05) is 26.7 Å². The lowest BCUT2D eigenvalue weighted by Crippen LogP contribution is -2.52. The highest BCUT2D eigenvalue weighted by molar-refractivity contribution is 5.95. The first-order valence-corrected chi connectivity index (χ1v) is 13.3. The molecule has 2 heterocycles. The number of amides is 2. The summed E-state index contributed by atoms with van der Waals surface area (Å²) in [6.07, 6.45) is 10.3. The van der Waals surface area contributed by atoms with E-state index in [0.29, 0.717) is 43.6 Å². The number of hydrogen-bond acceptors (Lipinski definition) is 6. The topological polar surface area (TPSA) is 132 Å². The van der Waals surface area contributed by atoms with E-state index in [1.165, 1.54) is 0 Å². The van der Waals surface area contributed by atoms with Gasteiger partial charge in [0, 0.05) is 47.4 Å². The summed E-state index contributed by atoms with van der Waals surface area (Å²) >= 11 is 0. The maximum Gasteiger partial charge on any atom is 0.303 e. The summed E-state index contributed by atoms with van der Waals surface area (Å²) in [6.45, 7) is 2.27. The molecule has 1 aromatic carbocycles. The van der Waals surface area contributed by atoms with Crippen LogP contribution in [0.4, 0.5) is 0 Å². The molecule has 5 rings (SSSR count). The number of nitrogens with zero attached hydrogens (tertiary/aromatic N) is 2. The standard InChI is InChI=1S/C29H34N4O5/c1-33-13-10-21(17-33)31-26(36)19-8-9-24-22(15-19)28(12-14-38-24)16-23(28)27(37)32-29(18-30)11-3-2-5-20(29)6-4-7-25(34)35/h2-3,5,8-9,11,15,20-21,23H,4,6-7,10,12-14,16-17H2,1H3,(H,31,36)(H,32,37)(H,34,35)/t20?,21-,23-,28-,29?/m0/s1. The highest BCUT2D eigenvalue weighted by atomic mass is 16.5. The molecular formula is C29H34N4O5. The molecule has 0 aromatic heterocycles. The largest absolute Gasteiger partial charge is 0.493 e. The zero-order valence-corrected chi connectivity index (χ0v) is 21.6. The second kappa shape index (κ2) is 10.3. The van der Waals surface area contributed by atoms with Crippen LogP contribution in [0.25, 0.3) is 0 Å². The first-order chi connectivity index (χ1) is 18.3. The Morgan fingerprint density at radius 2 is 2.13 bits per heavy atom. The minimum Gasteiger partial charge on any atom is -0.493 e. The third-order valence-electron chi connectivity index (χ3n) is 8.52. The molecule has 2 aliphatic carbocycles. The fourth-order valence-electron chi connectivity index (χ4n) is 6.26. The molecule has 5 atom stereocenters. The number of fused-ring (bicyclic) bond motifs is 2. The van der Waals surface area contributed by atoms with Gasteiger partial charge in [-0.15, -0.1) is 0 Å². The molecule has 1 aromatic rings. The minimum atomic E-state index is -1.22. The quantitative estimate of drug-likeness (QED) is 0.482. The van der Waals surface area contributed by atoms with Crippen LogP contribution in [0.1, 0.15) is 54.4 Å². The number of benzene rings is 1. The van der Waals surface area contributed by atoms with Gasteiger partial charge >= 0.3 is 5.97 Å². The average Bonchev–Trinajstić information content (AvgIpc) is 3.48. The van der Waals surface area contributed by atoms with Crippen LogP contribution in [0.15, 0.2) is 42.5 Å². The molecule has 0 radical (unpaired) electrons. The van der Waals surface area contributed by atoms with Crippen LogP contribution >= 0.6 is 0 Å². The van der Waals surface area contributed by atoms with Gasteiger partial charge in [-0.3, -0.25) is 14.4 Å². The van der Waals surface area contributed by atoms with E-state index < -0.39 is 16.9 Å². The van der Waals surface area contributed by atoms with Gasteiger partial charge in [0.05, 0.1) is 12.7 Å². The van der Waals surface area contributed by atoms with Gasteiger partial charge in [-0.25, -0.2) is 0 Å². The van der Waals surface area contributed by atoms with E-state index in [1.54, 1.807) is 18.2 Å². The van der Waals surface area contributed by atoms with Crippen LogP contribution in [0.3, 0.4) is 0 Å². The van der Waals surface area contributed by atoms with Gasteiger partial charge < -0.3 is 25.4 Å². The number of nitrogens with one attached hydrogen (secondary N) is 2. The van der Waals surface area contributed by atoms with E-state index in [2.05, 4.69) is 21.6 Å². The van der Waals surface area contributed by atoms with Crippen molar-refractivity contribution < 1.29 is 24.2 Å². The van der Waals surface area contributed by atoms with Crippen LogP contribution in [-0.2, 0) is 15.0 Å². The molecule has 0 bridgehead atoms. The predicted molar refractivity (Wildman–Crippen MR) is 139 cm³/mol. The van der Waals surface area contributed by atoms with Crippen molar-refractivity contribution in [3.8, 4) is 11.8 Å². The van der Waals surface area contributed by atoms with Gasteiger partial charge in [-0.1, -0.05) is 18.2 Å². The Hall–Kier alpha value is -3.64. The monoisotopic (exact) mass is 518 g/mol. The van der Waals surface area contributed by atoms with Crippen molar-refractivity contribution in [2.45, 2.75) is 55.5 Å². The van der Waals surface area contributed by atoms with E-state index in [9.17, 15) is 19.6 Å². The van der Waals surface area contributed by atoms with Crippen molar-refractivity contribution in [3.63, 3.8) is 0 Å². The lowest BCUT2D eigenvalue weighted by Gasteiger charge is -2.34. The Balaban J connectivity index is 1.31. The number of ether oxygens (including phenoxy) is 1. The molecule has 2 aliphatic heterocycles. The smallest absolute Gasteiger partial charge is 0.303 e. The molecular weight excluding hydrogens is 484 g/mol. The number of aliphatic carboxylic acids is 1. The third-order valence-corrected chi connectivity index (χ3v) is 8.52. The molecule has 2 unspecified atom stereocenters. The van der Waals surface area contributed by atoms with E-state index >= 15 is 0 Å². The van der Waals surface area contributed by atoms with E-state index in [0.717, 1.165) is 25.1 Å². The summed E-state index contributed by atoms with van der Waals surface area (Å²) in [5, 5.41) is 25.3. The van der Waals surface area contributed by atoms with E-state index in [4.69, 9.17) is 9.84 Å². The normalized spacial score (nSPS) is 31.2. The molecule has 1 saturated heterocycles. The maximum absolute atomic E-state index is 13.6. The fourth-order valence-corrected chi connectivity index (χ4v) is 6.26. The Morgan fingerprint density at radius 3 is 2.87 bits per heavy atom. The van der Waals surface area contributed by atoms with Gasteiger partial charge in [-0.05, 0) is 70.0 Å². The molecule has 9 heteroatoms. The van der Waals surface area contributed by atoms with Crippen LogP contribution in [-0.4, -0.2) is 66.1 Å². The zero-order chi connectivity index (χ0) is 26.9. The summed E-state index contributed by atoms with van der Waals surface area (Å²) < 4.78 is 5.89. The first kappa shape index (κ1) is 26.0. The SMILES string of the molecule is CN1CC[C@H](NC(=O)c2ccc3c(c2)[C@]2(CCO3)C[C@H]2C(=O)NC2(C#N)C=CC=CC2CCCC(=O)O)C1. The number of likely N-dealkylation sites (N-methyl/N-ethyl adjacent to an activating group) is 1. The Labute approximate surface area is 222 Å². The predicted octanol–water partition coefficient (Wildman–Crippen LogP) is 2.54. The van der Waals surface area contributed by atoms with Gasteiger partial charge in [-0.2, -0.15) is 5.26 Å². The average molecular weight is 519 g/mol. The number of rotatable bonds is 8. The van der Waals surface area contributed by atoms with Crippen molar-refractivity contribution in [2.24, 2.45) is 11.8 Å². The number of likely N-dealkylation sites (tertiary alicyclic amines) is 1. The molecule has 4 aliphatic rings. The number of carboxylic acids is 1. The lowest BCUT2D eigenvalue weighted by molar-refractivity contribution is -0.137. The molecule has 1 saturated carbocycles. The van der Waals surface area contributed by atoms with Gasteiger partial charge in [0.1, 0.15) is 5.75 Å². The van der Waals surface area contributed by atoms with Crippen molar-refractivity contribution in [3.05, 3.63) is 53.6 Å². The molecule has 9 nitrogen and oxygen atoms in total. The molecule has 2 amide bonds. The van der Waals surface area contributed by atoms with E-state index in [1.807, 2.05) is 31.3 Å². The molecule has 38 heavy (non-hydrogen) atoms. The van der Waals surface area contributed by atoms with Gasteiger partial charge in [0.15, 0.2) is 5.54 Å². The molecule has 1 spiro atoms. The number of allylic oxidation sites excluding steroid dienone is 2. The van der Waals surface area contributed by atoms with Crippen molar-refractivity contribution in [1.29, 1.82) is 5.26 Å². The van der Waals surface area contributed by atoms with Gasteiger partial charge in [0.2, 0.25) is 5.91 Å². The van der Waals surface area contributed by atoms with Crippen LogP contribution < -0.4 is 15.4 Å². The van der Waals surface area contributed by atoms with Crippen LogP contribution in [0.5, 0.6) is 5.75 Å². The summed E-state index contributed by atoms with van der Waals surface area (Å²) in [7, 11) is 2.04. The number of nitriles is 1. The van der Waals surface area contributed by atoms with Crippen LogP contribution in [0, 0.1) is 23.2 Å². The first-order valence-electron chi connectivity index (χ1n) is 13.3. The van der Waals surface area contributed by atoms with Crippen LogP contribution in [0.2, 0.25) is 0 Å². The highest BCUT2D eigenvalue weighted by Gasteiger charge is 2.62. The second-order valence-corrected chi connectivity index (χ2v) is 11.1. The molecule has 3 N–H and O–H groups in total. The Bertz CT molecular complexity index is 1240. The van der Waals surface area contributed by atoms with Gasteiger partial charge in [0.25, 0.3) is 5.91 Å². The zero-order valence-electron chi connectivity index (χ0n) is 21.6. The number of carbonyl (C=O) groups is 3. The summed E-state index contributed by atoms with van der Waals surface area (Å²) in [6, 6.07) is 7.88. The lowest BCUT2D eigenvalue weighted by atomic mass is 9.78. The van der Waals surface area contributed by atoms with Crippen molar-refractivity contribution in [1.82, 2.24) is 15.5 Å².